The molecule has 1 rings (SSSR count). The van der Waals surface area contributed by atoms with Gasteiger partial charge in [-0.3, -0.25) is 4.79 Å². The van der Waals surface area contributed by atoms with Crippen molar-refractivity contribution in [3.8, 4) is 5.75 Å². The molecule has 1 aromatic rings. The van der Waals surface area contributed by atoms with E-state index < -0.39 is 0 Å². The van der Waals surface area contributed by atoms with E-state index >= 15 is 0 Å². The minimum atomic E-state index is -0.0293. The molecule has 0 aromatic heterocycles. The molecule has 0 aliphatic heterocycles. The number of carbonyl (C=O) groups excluding carboxylic acids is 1. The molecule has 0 saturated heterocycles. The summed E-state index contributed by atoms with van der Waals surface area (Å²) in [7, 11) is 0. The highest BCUT2D eigenvalue weighted by atomic mass is 32.1. The Morgan fingerprint density at radius 3 is 2.68 bits per heavy atom. The number of carbonyl (C=O) groups is 1. The number of benzene rings is 1. The number of thiocarbonyl (C=S) groups is 1. The SMILES string of the molecule is CCCCCCCC(=O)NC(=S)Nc1cccc(OCCC(C)C)c1. The lowest BCUT2D eigenvalue weighted by Crippen LogP contribution is -2.33. The van der Waals surface area contributed by atoms with Crippen molar-refractivity contribution in [2.45, 2.75) is 65.7 Å². The van der Waals surface area contributed by atoms with Gasteiger partial charge in [0.15, 0.2) is 5.11 Å². The van der Waals surface area contributed by atoms with Gasteiger partial charge in [-0.2, -0.15) is 0 Å². The number of rotatable bonds is 11. The standard InChI is InChI=1S/C20H32N2O2S/c1-4-5-6-7-8-12-19(23)22-20(25)21-17-10-9-11-18(15-17)24-14-13-16(2)3/h9-11,15-16H,4-8,12-14H2,1-3H3,(H2,21,22,23,25). The van der Waals surface area contributed by atoms with Crippen LogP contribution in [0.2, 0.25) is 0 Å². The minimum absolute atomic E-state index is 0.0293. The molecule has 0 radical (unpaired) electrons. The van der Waals surface area contributed by atoms with E-state index in [0.29, 0.717) is 24.1 Å². The maximum atomic E-state index is 11.9. The van der Waals surface area contributed by atoms with Crippen LogP contribution in [0.5, 0.6) is 5.75 Å². The van der Waals surface area contributed by atoms with Crippen molar-refractivity contribution < 1.29 is 9.53 Å². The van der Waals surface area contributed by atoms with Crippen LogP contribution >= 0.6 is 12.2 Å². The molecule has 1 aromatic carbocycles. The first-order valence-electron chi connectivity index (χ1n) is 9.35. The molecule has 2 N–H and O–H groups in total. The molecule has 0 unspecified atom stereocenters. The van der Waals surface area contributed by atoms with E-state index in [0.717, 1.165) is 30.7 Å². The quantitative estimate of drug-likeness (QED) is 0.414. The van der Waals surface area contributed by atoms with Crippen molar-refractivity contribution in [3.63, 3.8) is 0 Å². The molecule has 5 heteroatoms. The lowest BCUT2D eigenvalue weighted by molar-refractivity contribution is -0.119. The fraction of sp³-hybridized carbons (Fsp3) is 0.600. The summed E-state index contributed by atoms with van der Waals surface area (Å²) in [5.74, 6) is 1.39. The van der Waals surface area contributed by atoms with E-state index in [1.165, 1.54) is 19.3 Å². The molecule has 0 aliphatic carbocycles. The second kappa shape index (κ2) is 12.7. The zero-order valence-corrected chi connectivity index (χ0v) is 16.6. The van der Waals surface area contributed by atoms with Crippen LogP contribution in [0.1, 0.15) is 65.7 Å². The Morgan fingerprint density at radius 2 is 1.96 bits per heavy atom. The Balaban J connectivity index is 2.32. The van der Waals surface area contributed by atoms with Crippen molar-refractivity contribution in [1.82, 2.24) is 5.32 Å². The van der Waals surface area contributed by atoms with Crippen LogP contribution in [0.3, 0.4) is 0 Å². The predicted molar refractivity (Wildman–Crippen MR) is 109 cm³/mol. The van der Waals surface area contributed by atoms with Gasteiger partial charge in [0.05, 0.1) is 6.61 Å². The van der Waals surface area contributed by atoms with Crippen molar-refractivity contribution in [2.75, 3.05) is 11.9 Å². The Kier molecular flexibility index (Phi) is 10.9. The predicted octanol–water partition coefficient (Wildman–Crippen LogP) is 5.29. The van der Waals surface area contributed by atoms with Gasteiger partial charge in [0.2, 0.25) is 5.91 Å². The normalized spacial score (nSPS) is 10.6. The highest BCUT2D eigenvalue weighted by Gasteiger charge is 2.05. The second-order valence-electron chi connectivity index (χ2n) is 6.73. The minimum Gasteiger partial charge on any atom is -0.494 e. The average Bonchev–Trinajstić information content (AvgIpc) is 2.54. The molecule has 140 valence electrons. The molecule has 0 saturated carbocycles. The van der Waals surface area contributed by atoms with Crippen LogP contribution in [-0.4, -0.2) is 17.6 Å². The molecule has 25 heavy (non-hydrogen) atoms. The Morgan fingerprint density at radius 1 is 1.20 bits per heavy atom. The number of unbranched alkanes of at least 4 members (excludes halogenated alkanes) is 4. The lowest BCUT2D eigenvalue weighted by atomic mass is 10.1. The number of amides is 1. The molecule has 1 amide bonds. The van der Waals surface area contributed by atoms with E-state index in [4.69, 9.17) is 17.0 Å². The third-order valence-electron chi connectivity index (χ3n) is 3.82. The van der Waals surface area contributed by atoms with Crippen LogP contribution in [0, 0.1) is 5.92 Å². The van der Waals surface area contributed by atoms with Gasteiger partial charge in [-0.15, -0.1) is 0 Å². The van der Waals surface area contributed by atoms with Gasteiger partial charge in [0, 0.05) is 18.2 Å². The van der Waals surface area contributed by atoms with Gasteiger partial charge in [-0.1, -0.05) is 52.5 Å². The summed E-state index contributed by atoms with van der Waals surface area (Å²) in [6.45, 7) is 7.22. The van der Waals surface area contributed by atoms with E-state index in [9.17, 15) is 4.79 Å². The highest BCUT2D eigenvalue weighted by Crippen LogP contribution is 2.18. The monoisotopic (exact) mass is 364 g/mol. The molecular formula is C20H32N2O2S. The van der Waals surface area contributed by atoms with Crippen molar-refractivity contribution in [2.24, 2.45) is 5.92 Å². The molecule has 4 nitrogen and oxygen atoms in total. The third kappa shape index (κ3) is 10.8. The van der Waals surface area contributed by atoms with E-state index in [2.05, 4.69) is 31.4 Å². The van der Waals surface area contributed by atoms with Crippen LogP contribution in [0.4, 0.5) is 5.69 Å². The Bertz CT molecular complexity index is 532. The lowest BCUT2D eigenvalue weighted by Gasteiger charge is -2.12. The van der Waals surface area contributed by atoms with Crippen molar-refractivity contribution in [3.05, 3.63) is 24.3 Å². The van der Waals surface area contributed by atoms with Gasteiger partial charge in [-0.05, 0) is 43.1 Å². The Labute approximate surface area is 157 Å². The number of ether oxygens (including phenoxy) is 1. The molecule has 0 atom stereocenters. The number of hydrogen-bond acceptors (Lipinski definition) is 3. The van der Waals surface area contributed by atoms with Gasteiger partial charge in [-0.25, -0.2) is 0 Å². The molecule has 0 bridgehead atoms. The van der Waals surface area contributed by atoms with Crippen LogP contribution in [-0.2, 0) is 4.79 Å². The fourth-order valence-corrected chi connectivity index (χ4v) is 2.55. The third-order valence-corrected chi connectivity index (χ3v) is 4.02. The van der Waals surface area contributed by atoms with Gasteiger partial charge < -0.3 is 15.4 Å². The highest BCUT2D eigenvalue weighted by molar-refractivity contribution is 7.80. The molecular weight excluding hydrogens is 332 g/mol. The van der Waals surface area contributed by atoms with Gasteiger partial charge in [0.25, 0.3) is 0 Å². The second-order valence-corrected chi connectivity index (χ2v) is 7.13. The van der Waals surface area contributed by atoms with E-state index in [-0.39, 0.29) is 5.91 Å². The topological polar surface area (TPSA) is 50.4 Å². The summed E-state index contributed by atoms with van der Waals surface area (Å²) in [4.78, 5) is 11.9. The van der Waals surface area contributed by atoms with Crippen molar-refractivity contribution in [1.29, 1.82) is 0 Å². The zero-order valence-electron chi connectivity index (χ0n) is 15.8. The molecule has 0 spiro atoms. The fourth-order valence-electron chi connectivity index (χ4n) is 2.32. The first-order valence-corrected chi connectivity index (χ1v) is 9.75. The van der Waals surface area contributed by atoms with Gasteiger partial charge in [0.1, 0.15) is 5.75 Å². The maximum Gasteiger partial charge on any atom is 0.226 e. The largest absolute Gasteiger partial charge is 0.494 e. The zero-order chi connectivity index (χ0) is 18.5. The summed E-state index contributed by atoms with van der Waals surface area (Å²) in [5.41, 5.74) is 0.815. The van der Waals surface area contributed by atoms with Crippen LogP contribution < -0.4 is 15.4 Å². The molecule has 0 fully saturated rings. The Hall–Kier alpha value is -1.62. The summed E-state index contributed by atoms with van der Waals surface area (Å²) >= 11 is 5.21. The molecule has 0 heterocycles. The van der Waals surface area contributed by atoms with Crippen molar-refractivity contribution >= 4 is 28.9 Å². The first-order chi connectivity index (χ1) is 12.0. The van der Waals surface area contributed by atoms with Gasteiger partial charge >= 0.3 is 0 Å². The van der Waals surface area contributed by atoms with E-state index in [1.807, 2.05) is 24.3 Å². The summed E-state index contributed by atoms with van der Waals surface area (Å²) in [5, 5.41) is 6.11. The summed E-state index contributed by atoms with van der Waals surface area (Å²) < 4.78 is 5.73. The summed E-state index contributed by atoms with van der Waals surface area (Å²) in [6, 6.07) is 7.62. The number of anilines is 1. The maximum absolute atomic E-state index is 11.9. The molecule has 0 aliphatic rings. The number of hydrogen-bond donors (Lipinski definition) is 2. The van der Waals surface area contributed by atoms with E-state index in [1.54, 1.807) is 0 Å². The van der Waals surface area contributed by atoms with Crippen LogP contribution in [0.25, 0.3) is 0 Å². The average molecular weight is 365 g/mol. The first kappa shape index (κ1) is 21.4. The summed E-state index contributed by atoms with van der Waals surface area (Å²) in [6.07, 6.45) is 7.17. The smallest absolute Gasteiger partial charge is 0.226 e. The number of nitrogens with one attached hydrogen (secondary N) is 2. The van der Waals surface area contributed by atoms with Crippen LogP contribution in [0.15, 0.2) is 24.3 Å².